The second-order valence-electron chi connectivity index (χ2n) is 5.73. The van der Waals surface area contributed by atoms with Crippen molar-refractivity contribution >= 4 is 11.9 Å². The zero-order valence-electron chi connectivity index (χ0n) is 13.3. The molecule has 1 rings (SSSR count). The molecule has 0 aliphatic heterocycles. The molecular weight excluding hydrogens is 268 g/mol. The van der Waals surface area contributed by atoms with E-state index in [-0.39, 0.29) is 18.0 Å². The van der Waals surface area contributed by atoms with Gasteiger partial charge in [-0.15, -0.1) is 0 Å². The second kappa shape index (κ2) is 7.81. The van der Waals surface area contributed by atoms with Gasteiger partial charge in [-0.05, 0) is 38.8 Å². The molecule has 0 aromatic heterocycles. The molecule has 0 spiro atoms. The number of benzene rings is 1. The highest BCUT2D eigenvalue weighted by Gasteiger charge is 2.33. The van der Waals surface area contributed by atoms with Gasteiger partial charge in [-0.2, -0.15) is 0 Å². The minimum atomic E-state index is -0.538. The van der Waals surface area contributed by atoms with E-state index in [2.05, 4.69) is 0 Å². The van der Waals surface area contributed by atoms with E-state index in [1.807, 2.05) is 19.9 Å². The van der Waals surface area contributed by atoms with Gasteiger partial charge in [0.05, 0.1) is 17.6 Å². The summed E-state index contributed by atoms with van der Waals surface area (Å²) in [6.07, 6.45) is -0.722. The van der Waals surface area contributed by atoms with Gasteiger partial charge < -0.3 is 9.47 Å². The lowest BCUT2D eigenvalue weighted by atomic mass is 9.91. The Hall–Kier alpha value is -1.84. The molecule has 0 radical (unpaired) electrons. The molecule has 1 aromatic rings. The highest BCUT2D eigenvalue weighted by molar-refractivity contribution is 5.89. The quantitative estimate of drug-likeness (QED) is 0.753. The number of hydrogen-bond acceptors (Lipinski definition) is 4. The molecule has 21 heavy (non-hydrogen) atoms. The van der Waals surface area contributed by atoms with Crippen LogP contribution in [0.2, 0.25) is 0 Å². The van der Waals surface area contributed by atoms with Gasteiger partial charge >= 0.3 is 11.9 Å². The molecule has 0 heterocycles. The lowest BCUT2D eigenvalue weighted by Gasteiger charge is -2.26. The number of carbonyl (C=O) groups excluding carboxylic acids is 2. The highest BCUT2D eigenvalue weighted by atomic mass is 16.6. The van der Waals surface area contributed by atoms with Crippen LogP contribution in [-0.4, -0.2) is 24.1 Å². The first-order chi connectivity index (χ1) is 9.82. The Bertz CT molecular complexity index is 465. The van der Waals surface area contributed by atoms with Gasteiger partial charge in [0, 0.05) is 0 Å². The summed E-state index contributed by atoms with van der Waals surface area (Å²) in [4.78, 5) is 24.2. The van der Waals surface area contributed by atoms with E-state index < -0.39 is 18.0 Å². The van der Waals surface area contributed by atoms with Crippen molar-refractivity contribution in [1.82, 2.24) is 0 Å². The van der Waals surface area contributed by atoms with Crippen LogP contribution >= 0.6 is 0 Å². The minimum Gasteiger partial charge on any atom is -0.463 e. The maximum Gasteiger partial charge on any atom is 0.338 e. The standard InChI is InChI=1S/C17H24O4/c1-11(2)15(17(19)20-12(3)4)13(5)21-16(18)14-9-7-6-8-10-14/h6-13,15H,1-5H3. The molecule has 2 unspecified atom stereocenters. The van der Waals surface area contributed by atoms with Crippen molar-refractivity contribution in [3.63, 3.8) is 0 Å². The highest BCUT2D eigenvalue weighted by Crippen LogP contribution is 2.21. The first-order valence-corrected chi connectivity index (χ1v) is 7.29. The molecule has 0 aliphatic rings. The van der Waals surface area contributed by atoms with E-state index in [0.29, 0.717) is 5.56 Å². The molecule has 0 aliphatic carbocycles. The normalized spacial score (nSPS) is 13.9. The van der Waals surface area contributed by atoms with Crippen molar-refractivity contribution in [2.75, 3.05) is 0 Å². The maximum atomic E-state index is 12.1. The van der Waals surface area contributed by atoms with E-state index in [1.165, 1.54) is 0 Å². The Morgan fingerprint density at radius 1 is 0.905 bits per heavy atom. The molecule has 0 bridgehead atoms. The Balaban J connectivity index is 2.76. The molecule has 116 valence electrons. The van der Waals surface area contributed by atoms with Crippen LogP contribution in [0.1, 0.15) is 45.0 Å². The smallest absolute Gasteiger partial charge is 0.338 e. The largest absolute Gasteiger partial charge is 0.463 e. The second-order valence-corrected chi connectivity index (χ2v) is 5.73. The summed E-state index contributed by atoms with van der Waals surface area (Å²) in [5.74, 6) is -1.20. The van der Waals surface area contributed by atoms with E-state index in [4.69, 9.17) is 9.47 Å². The SMILES string of the molecule is CC(C)OC(=O)C(C(C)C)C(C)OC(=O)c1ccccc1. The van der Waals surface area contributed by atoms with Crippen molar-refractivity contribution in [2.24, 2.45) is 11.8 Å². The van der Waals surface area contributed by atoms with Gasteiger partial charge in [-0.25, -0.2) is 4.79 Å². The topological polar surface area (TPSA) is 52.6 Å². The third-order valence-electron chi connectivity index (χ3n) is 3.15. The lowest BCUT2D eigenvalue weighted by molar-refractivity contribution is -0.158. The Labute approximate surface area is 126 Å². The molecule has 0 N–H and O–H groups in total. The number of hydrogen-bond donors (Lipinski definition) is 0. The van der Waals surface area contributed by atoms with Gasteiger partial charge in [0.1, 0.15) is 6.10 Å². The molecule has 0 saturated heterocycles. The third kappa shape index (κ3) is 5.21. The minimum absolute atomic E-state index is 0.0230. The molecule has 0 fully saturated rings. The first kappa shape index (κ1) is 17.2. The summed E-state index contributed by atoms with van der Waals surface area (Å²) in [5.41, 5.74) is 0.476. The predicted molar refractivity (Wildman–Crippen MR) is 80.9 cm³/mol. The molecule has 1 aromatic carbocycles. The summed E-state index contributed by atoms with van der Waals surface area (Å²) in [6, 6.07) is 8.75. The van der Waals surface area contributed by atoms with E-state index in [1.54, 1.807) is 45.0 Å². The van der Waals surface area contributed by atoms with Gasteiger partial charge in [-0.1, -0.05) is 32.0 Å². The van der Waals surface area contributed by atoms with Gasteiger partial charge in [0.2, 0.25) is 0 Å². The summed E-state index contributed by atoms with van der Waals surface area (Å²) in [6.45, 7) is 9.16. The third-order valence-corrected chi connectivity index (χ3v) is 3.15. The number of carbonyl (C=O) groups is 2. The van der Waals surface area contributed by atoms with E-state index in [0.717, 1.165) is 0 Å². The molecule has 4 nitrogen and oxygen atoms in total. The van der Waals surface area contributed by atoms with Gasteiger partial charge in [0.25, 0.3) is 0 Å². The number of ether oxygens (including phenoxy) is 2. The zero-order chi connectivity index (χ0) is 16.0. The Morgan fingerprint density at radius 2 is 1.48 bits per heavy atom. The summed E-state index contributed by atoms with van der Waals surface area (Å²) < 4.78 is 10.7. The molecular formula is C17H24O4. The van der Waals surface area contributed by atoms with Crippen LogP contribution in [-0.2, 0) is 14.3 Å². The molecule has 0 amide bonds. The molecule has 2 atom stereocenters. The van der Waals surface area contributed by atoms with Crippen LogP contribution in [0, 0.1) is 11.8 Å². The first-order valence-electron chi connectivity index (χ1n) is 7.29. The average Bonchev–Trinajstić information content (AvgIpc) is 2.38. The van der Waals surface area contributed by atoms with Crippen LogP contribution < -0.4 is 0 Å². The van der Waals surface area contributed by atoms with Gasteiger partial charge in [0.15, 0.2) is 0 Å². The monoisotopic (exact) mass is 292 g/mol. The van der Waals surface area contributed by atoms with E-state index in [9.17, 15) is 9.59 Å². The Morgan fingerprint density at radius 3 is 1.95 bits per heavy atom. The Kier molecular flexibility index (Phi) is 6.40. The summed E-state index contributed by atoms with van der Waals surface area (Å²) in [7, 11) is 0. The van der Waals surface area contributed by atoms with Gasteiger partial charge in [-0.3, -0.25) is 4.79 Å². The summed E-state index contributed by atoms with van der Waals surface area (Å²) in [5, 5.41) is 0. The fourth-order valence-corrected chi connectivity index (χ4v) is 2.20. The maximum absolute atomic E-state index is 12.1. The van der Waals surface area contributed by atoms with Crippen LogP contribution in [0.15, 0.2) is 30.3 Å². The number of rotatable bonds is 6. The van der Waals surface area contributed by atoms with Crippen LogP contribution in [0.25, 0.3) is 0 Å². The molecule has 0 saturated carbocycles. The van der Waals surface area contributed by atoms with Crippen LogP contribution in [0.4, 0.5) is 0 Å². The van der Waals surface area contributed by atoms with Crippen molar-refractivity contribution in [1.29, 1.82) is 0 Å². The lowest BCUT2D eigenvalue weighted by Crippen LogP contribution is -2.36. The van der Waals surface area contributed by atoms with Crippen molar-refractivity contribution in [3.8, 4) is 0 Å². The molecule has 4 heteroatoms. The van der Waals surface area contributed by atoms with Crippen molar-refractivity contribution < 1.29 is 19.1 Å². The predicted octanol–water partition coefficient (Wildman–Crippen LogP) is 3.46. The van der Waals surface area contributed by atoms with E-state index >= 15 is 0 Å². The van der Waals surface area contributed by atoms with Crippen molar-refractivity contribution in [2.45, 2.75) is 46.8 Å². The fourth-order valence-electron chi connectivity index (χ4n) is 2.20. The van der Waals surface area contributed by atoms with Crippen LogP contribution in [0.3, 0.4) is 0 Å². The van der Waals surface area contributed by atoms with Crippen molar-refractivity contribution in [3.05, 3.63) is 35.9 Å². The summed E-state index contributed by atoms with van der Waals surface area (Å²) >= 11 is 0. The number of esters is 2. The van der Waals surface area contributed by atoms with Crippen LogP contribution in [0.5, 0.6) is 0 Å². The average molecular weight is 292 g/mol. The fraction of sp³-hybridized carbons (Fsp3) is 0.529. The zero-order valence-corrected chi connectivity index (χ0v) is 13.3.